The fourth-order valence-electron chi connectivity index (χ4n) is 0. The van der Waals surface area contributed by atoms with Crippen LogP contribution < -0.4 is 19.2 Å². The molecule has 0 spiro atoms. The summed E-state index contributed by atoms with van der Waals surface area (Å²) in [5, 5.41) is 0. The summed E-state index contributed by atoms with van der Waals surface area (Å²) in [4.78, 5) is 34.3. The third-order valence-electron chi connectivity index (χ3n) is 0. The Bertz CT molecular complexity index is 43.4. The molecule has 0 atom stereocenters. The molecule has 0 aliphatic rings. The Morgan fingerprint density at radius 3 is 1.00 bits per heavy atom. The Kier molecular flexibility index (Phi) is 32.4. The average Bonchev–Trinajstić information content (AvgIpc) is 1.27. The molecule has 0 aromatic carbocycles. The Labute approximate surface area is 111 Å². The van der Waals surface area contributed by atoms with E-state index >= 15 is 0 Å². The molecule has 0 saturated carbocycles. The molecule has 0 rings (SSSR count). The van der Waals surface area contributed by atoms with Gasteiger partial charge < -0.3 is 28.2 Å². The molecule has 0 bridgehead atoms. The van der Waals surface area contributed by atoms with Crippen molar-refractivity contribution in [2.24, 2.45) is 0 Å². The molecule has 0 aliphatic carbocycles. The Morgan fingerprint density at radius 1 is 1.00 bits per heavy atom. The van der Waals surface area contributed by atoms with E-state index in [-0.39, 0.29) is 48.6 Å². The number of halogens is 2. The van der Waals surface area contributed by atoms with E-state index in [9.17, 15) is 0 Å². The van der Waals surface area contributed by atoms with Gasteiger partial charge >= 0.3 is 48.6 Å². The van der Waals surface area contributed by atoms with E-state index < -0.39 is 9.05 Å². The molecule has 0 amide bonds. The summed E-state index contributed by atoms with van der Waals surface area (Å²) in [7, 11) is -5.61. The maximum absolute atomic E-state index is 8.58. The first-order chi connectivity index (χ1) is 3.41. The second-order valence-electron chi connectivity index (χ2n) is 0.558. The second kappa shape index (κ2) is 14.1. The minimum Gasteiger partial charge on any atom is -0.894 e. The van der Waals surface area contributed by atoms with E-state index in [2.05, 4.69) is 35.4 Å². The molecule has 2 radical (unpaired) electrons. The van der Waals surface area contributed by atoms with Gasteiger partial charge in [-0.05, 0) is 0 Å². The summed E-state index contributed by atoms with van der Waals surface area (Å²) >= 11 is 5.12. The van der Waals surface area contributed by atoms with Gasteiger partial charge in [-0.25, -0.2) is 2.92 Å². The van der Waals surface area contributed by atoms with Crippen LogP contribution in [0.1, 0.15) is 0 Å². The second-order valence-corrected chi connectivity index (χ2v) is 3.07. The van der Waals surface area contributed by atoms with E-state index in [0.29, 0.717) is 0 Å². The van der Waals surface area contributed by atoms with Crippen molar-refractivity contribution in [2.75, 3.05) is 0 Å². The van der Waals surface area contributed by atoms with Crippen LogP contribution in [0.2, 0.25) is 0 Å². The van der Waals surface area contributed by atoms with Crippen molar-refractivity contribution in [1.29, 1.82) is 0 Å². The summed E-state index contributed by atoms with van der Waals surface area (Å²) in [6.07, 6.45) is 0. The zero-order valence-corrected chi connectivity index (χ0v) is 13.2. The summed E-state index contributed by atoms with van der Waals surface area (Å²) in [5.41, 5.74) is 0. The fourth-order valence-corrected chi connectivity index (χ4v) is 0. The van der Waals surface area contributed by atoms with E-state index in [4.69, 9.17) is 19.2 Å². The van der Waals surface area contributed by atoms with Gasteiger partial charge in [0.2, 0.25) is 0 Å². The van der Waals surface area contributed by atoms with E-state index in [1.165, 1.54) is 0 Å². The minimum absolute atomic E-state index is 0. The largest absolute Gasteiger partial charge is 3.00 e. The number of rotatable bonds is 0. The molecular formula is AgBiBr2O5Si. The van der Waals surface area contributed by atoms with Crippen LogP contribution >= 0.6 is 32.5 Å². The van der Waals surface area contributed by atoms with Crippen molar-refractivity contribution in [1.82, 2.24) is 0 Å². The molecule has 0 aromatic heterocycles. The van der Waals surface area contributed by atoms with Gasteiger partial charge in [-0.1, -0.05) is 0 Å². The molecule has 0 aliphatic heterocycles. The van der Waals surface area contributed by atoms with Crippen LogP contribution in [-0.4, -0.2) is 35.3 Å². The first-order valence-corrected chi connectivity index (χ1v) is 4.05. The SMILES string of the molecule is BrOBr.[Ag+].[Bi+3].[O-][Si]([O-])([O-])[O-]. The molecular weight excluding hydrogens is 585 g/mol. The van der Waals surface area contributed by atoms with Crippen molar-refractivity contribution in [3.8, 4) is 0 Å². The Hall–Kier alpha value is 2.60. The molecule has 5 nitrogen and oxygen atoms in total. The predicted molar refractivity (Wildman–Crippen MR) is 30.4 cm³/mol. The van der Waals surface area contributed by atoms with E-state index in [1.807, 2.05) is 0 Å². The zero-order valence-electron chi connectivity index (χ0n) is 4.05. The van der Waals surface area contributed by atoms with Crippen molar-refractivity contribution in [3.63, 3.8) is 0 Å². The Morgan fingerprint density at radius 2 is 1.00 bits per heavy atom. The molecule has 0 N–H and O–H groups in total. The first-order valence-electron chi connectivity index (χ1n) is 1.13. The van der Waals surface area contributed by atoms with Gasteiger partial charge in [-0.3, -0.25) is 0 Å². The summed E-state index contributed by atoms with van der Waals surface area (Å²) in [5.74, 6) is 0. The van der Waals surface area contributed by atoms with E-state index in [1.54, 1.807) is 0 Å². The maximum atomic E-state index is 8.58. The summed E-state index contributed by atoms with van der Waals surface area (Å²) in [6.45, 7) is 0. The monoisotopic (exact) mass is 582 g/mol. The average molecular weight is 585 g/mol. The fraction of sp³-hybridized carbons (Fsp3) is 0. The van der Waals surface area contributed by atoms with Gasteiger partial charge in [0.25, 0.3) is 0 Å². The molecule has 64 valence electrons. The van der Waals surface area contributed by atoms with Crippen LogP contribution in [0.3, 0.4) is 0 Å². The quantitative estimate of drug-likeness (QED) is 0.271. The predicted octanol–water partition coefficient (Wildman–Crippen LogP) is -3.90. The number of hydrogen-bond acceptors (Lipinski definition) is 5. The molecule has 10 heavy (non-hydrogen) atoms. The van der Waals surface area contributed by atoms with Crippen molar-refractivity contribution in [2.45, 2.75) is 0 Å². The number of hydrogen-bond donors (Lipinski definition) is 0. The minimum atomic E-state index is -5.61. The standard InChI is InChI=1S/Ag.Bi.Br2O.O4Si/c;;1-3-2;1-5(2,3)4/q+1;+3;;-4. The van der Waals surface area contributed by atoms with Gasteiger partial charge in [0.05, 0.1) is 0 Å². The van der Waals surface area contributed by atoms with Crippen LogP contribution in [-0.2, 0) is 25.3 Å². The zero-order chi connectivity index (χ0) is 7.21. The van der Waals surface area contributed by atoms with Gasteiger partial charge in [0, 0.05) is 0 Å². The van der Waals surface area contributed by atoms with Crippen molar-refractivity contribution in [3.05, 3.63) is 0 Å². The van der Waals surface area contributed by atoms with Gasteiger partial charge in [0.1, 0.15) is 32.5 Å². The van der Waals surface area contributed by atoms with Crippen LogP contribution in [0.4, 0.5) is 0 Å². The van der Waals surface area contributed by atoms with Crippen LogP contribution in [0.5, 0.6) is 0 Å². The molecule has 0 saturated heterocycles. The van der Waals surface area contributed by atoms with Crippen LogP contribution in [0.25, 0.3) is 0 Å². The van der Waals surface area contributed by atoms with Crippen LogP contribution in [0, 0.1) is 0 Å². The van der Waals surface area contributed by atoms with Crippen molar-refractivity contribution < 1.29 is 44.5 Å². The van der Waals surface area contributed by atoms with Gasteiger partial charge in [0.15, 0.2) is 0 Å². The topological polar surface area (TPSA) is 101 Å². The summed E-state index contributed by atoms with van der Waals surface area (Å²) < 4.78 is 3.88. The third-order valence-corrected chi connectivity index (χ3v) is 0. The van der Waals surface area contributed by atoms with Gasteiger partial charge in [-0.15, -0.1) is 0 Å². The smallest absolute Gasteiger partial charge is 0.894 e. The molecule has 0 heterocycles. The van der Waals surface area contributed by atoms with E-state index in [0.717, 1.165) is 0 Å². The van der Waals surface area contributed by atoms with Crippen LogP contribution in [0.15, 0.2) is 0 Å². The molecule has 10 heteroatoms. The summed E-state index contributed by atoms with van der Waals surface area (Å²) in [6, 6.07) is 0. The molecule has 0 aromatic rings. The van der Waals surface area contributed by atoms with Gasteiger partial charge in [-0.2, -0.15) is 0 Å². The molecule has 0 fully saturated rings. The molecule has 0 unspecified atom stereocenters. The van der Waals surface area contributed by atoms with Crippen molar-refractivity contribution >= 4 is 67.8 Å². The normalized spacial score (nSPS) is 7.80. The first kappa shape index (κ1) is 22.9. The third kappa shape index (κ3) is 144. The maximum Gasteiger partial charge on any atom is 3.00 e. The Balaban J connectivity index is -0.0000000326.